The van der Waals surface area contributed by atoms with Gasteiger partial charge in [0.2, 0.25) is 0 Å². The normalized spacial score (nSPS) is 10.3. The predicted molar refractivity (Wildman–Crippen MR) is 68.7 cm³/mol. The van der Waals surface area contributed by atoms with Crippen molar-refractivity contribution in [2.75, 3.05) is 30.0 Å². The van der Waals surface area contributed by atoms with Crippen LogP contribution in [0.4, 0.5) is 10.2 Å². The Hall–Kier alpha value is -1.34. The van der Waals surface area contributed by atoms with Crippen LogP contribution in [0.25, 0.3) is 0 Å². The summed E-state index contributed by atoms with van der Waals surface area (Å²) in [6, 6.07) is 1.12. The fourth-order valence-corrected chi connectivity index (χ4v) is 2.03. The van der Waals surface area contributed by atoms with E-state index in [0.29, 0.717) is 6.54 Å². The number of carbonyl (C=O) groups is 1. The van der Waals surface area contributed by atoms with Gasteiger partial charge in [0.05, 0.1) is 0 Å². The Morgan fingerprint density at radius 1 is 1.50 bits per heavy atom. The van der Waals surface area contributed by atoms with Gasteiger partial charge in [-0.15, -0.1) is 0 Å². The molecule has 0 aliphatic rings. The largest absolute Gasteiger partial charge is 0.478 e. The van der Waals surface area contributed by atoms with E-state index >= 15 is 0 Å². The maximum Gasteiger partial charge on any atom is 0.338 e. The first-order valence-electron chi connectivity index (χ1n) is 5.47. The lowest BCUT2D eigenvalue weighted by molar-refractivity contribution is 0.0692. The first-order chi connectivity index (χ1) is 8.66. The third kappa shape index (κ3) is 4.50. The Kier molecular flexibility index (Phi) is 6.45. The molecule has 0 aliphatic carbocycles. The van der Waals surface area contributed by atoms with Crippen molar-refractivity contribution in [3.05, 3.63) is 23.6 Å². The molecule has 5 nitrogen and oxygen atoms in total. The Morgan fingerprint density at radius 3 is 2.94 bits per heavy atom. The molecular formula is C11H15FN2O3S. The molecule has 0 saturated heterocycles. The summed E-state index contributed by atoms with van der Waals surface area (Å²) in [4.78, 5) is 14.5. The highest BCUT2D eigenvalue weighted by Crippen LogP contribution is 2.15. The molecule has 0 saturated carbocycles. The lowest BCUT2D eigenvalue weighted by Crippen LogP contribution is -2.11. The van der Waals surface area contributed by atoms with Crippen LogP contribution >= 0.6 is 11.8 Å². The SMILES string of the molecule is O=C(O)c1ccnc(NCCSCCCO)c1F. The van der Waals surface area contributed by atoms with Gasteiger partial charge in [-0.25, -0.2) is 14.2 Å². The first-order valence-corrected chi connectivity index (χ1v) is 6.62. The van der Waals surface area contributed by atoms with Gasteiger partial charge in [-0.3, -0.25) is 0 Å². The van der Waals surface area contributed by atoms with Crippen LogP contribution in [-0.2, 0) is 0 Å². The van der Waals surface area contributed by atoms with Crippen molar-refractivity contribution in [2.45, 2.75) is 6.42 Å². The Labute approximate surface area is 108 Å². The minimum atomic E-state index is -1.31. The number of thioether (sulfide) groups is 1. The molecule has 18 heavy (non-hydrogen) atoms. The Balaban J connectivity index is 2.43. The van der Waals surface area contributed by atoms with Gasteiger partial charge in [0.1, 0.15) is 5.56 Å². The maximum atomic E-state index is 13.6. The molecule has 1 aromatic heterocycles. The number of pyridine rings is 1. The number of aliphatic hydroxyl groups excluding tert-OH is 1. The average Bonchev–Trinajstić information content (AvgIpc) is 2.35. The summed E-state index contributed by atoms with van der Waals surface area (Å²) in [5.74, 6) is -0.625. The van der Waals surface area contributed by atoms with Crippen molar-refractivity contribution in [1.82, 2.24) is 4.98 Å². The zero-order valence-electron chi connectivity index (χ0n) is 9.73. The number of carboxylic acids is 1. The number of nitrogens with one attached hydrogen (secondary N) is 1. The molecule has 1 rings (SSSR count). The molecule has 0 atom stereocenters. The van der Waals surface area contributed by atoms with E-state index in [1.165, 1.54) is 6.20 Å². The fraction of sp³-hybridized carbons (Fsp3) is 0.455. The highest BCUT2D eigenvalue weighted by atomic mass is 32.2. The van der Waals surface area contributed by atoms with Crippen molar-refractivity contribution in [3.63, 3.8) is 0 Å². The number of aromatic nitrogens is 1. The zero-order valence-corrected chi connectivity index (χ0v) is 10.5. The van der Waals surface area contributed by atoms with Crippen LogP contribution in [0.15, 0.2) is 12.3 Å². The van der Waals surface area contributed by atoms with Crippen molar-refractivity contribution >= 4 is 23.5 Å². The molecule has 7 heteroatoms. The number of hydrogen-bond donors (Lipinski definition) is 3. The molecule has 0 spiro atoms. The quantitative estimate of drug-likeness (QED) is 0.622. The molecule has 0 aliphatic heterocycles. The van der Waals surface area contributed by atoms with Crippen molar-refractivity contribution in [2.24, 2.45) is 0 Å². The second kappa shape index (κ2) is 7.88. The summed E-state index contributed by atoms with van der Waals surface area (Å²) < 4.78 is 13.6. The molecule has 1 aromatic rings. The number of nitrogens with zero attached hydrogens (tertiary/aromatic N) is 1. The molecule has 0 fully saturated rings. The minimum absolute atomic E-state index is 0.0438. The van der Waals surface area contributed by atoms with Crippen LogP contribution in [0.5, 0.6) is 0 Å². The summed E-state index contributed by atoms with van der Waals surface area (Å²) in [6.07, 6.45) is 1.99. The minimum Gasteiger partial charge on any atom is -0.478 e. The van der Waals surface area contributed by atoms with Crippen LogP contribution in [0, 0.1) is 5.82 Å². The Bertz CT molecular complexity index is 404. The maximum absolute atomic E-state index is 13.6. The van der Waals surface area contributed by atoms with Gasteiger partial charge in [-0.05, 0) is 18.2 Å². The second-order valence-corrected chi connectivity index (χ2v) is 4.67. The molecule has 0 amide bonds. The van der Waals surface area contributed by atoms with Gasteiger partial charge in [-0.1, -0.05) is 0 Å². The van der Waals surface area contributed by atoms with Gasteiger partial charge in [0.25, 0.3) is 0 Å². The first kappa shape index (κ1) is 14.7. The van der Waals surface area contributed by atoms with Crippen molar-refractivity contribution < 1.29 is 19.4 Å². The number of hydrogen-bond acceptors (Lipinski definition) is 5. The summed E-state index contributed by atoms with van der Waals surface area (Å²) in [7, 11) is 0. The number of carboxylic acid groups (broad SMARTS) is 1. The lowest BCUT2D eigenvalue weighted by atomic mass is 10.2. The molecule has 0 aromatic carbocycles. The molecule has 100 valence electrons. The second-order valence-electron chi connectivity index (χ2n) is 3.44. The molecule has 0 radical (unpaired) electrons. The fourth-order valence-electron chi connectivity index (χ4n) is 1.24. The summed E-state index contributed by atoms with van der Waals surface area (Å²) >= 11 is 1.62. The Morgan fingerprint density at radius 2 is 2.28 bits per heavy atom. The van der Waals surface area contributed by atoms with Crippen LogP contribution in [0.1, 0.15) is 16.8 Å². The molecule has 0 bridgehead atoms. The van der Waals surface area contributed by atoms with E-state index in [9.17, 15) is 9.18 Å². The van der Waals surface area contributed by atoms with E-state index in [-0.39, 0.29) is 18.0 Å². The van der Waals surface area contributed by atoms with Gasteiger partial charge in [0, 0.05) is 25.1 Å². The third-order valence-electron chi connectivity index (χ3n) is 2.11. The number of aromatic carboxylic acids is 1. The topological polar surface area (TPSA) is 82.5 Å². The number of halogens is 1. The van der Waals surface area contributed by atoms with Crippen LogP contribution < -0.4 is 5.32 Å². The summed E-state index contributed by atoms with van der Waals surface area (Å²) in [5, 5.41) is 20.1. The smallest absolute Gasteiger partial charge is 0.338 e. The summed E-state index contributed by atoms with van der Waals surface area (Å²) in [5.41, 5.74) is -0.388. The van der Waals surface area contributed by atoms with Crippen LogP contribution in [0.2, 0.25) is 0 Å². The van der Waals surface area contributed by atoms with E-state index in [1.807, 2.05) is 0 Å². The van der Waals surface area contributed by atoms with Gasteiger partial charge in [0.15, 0.2) is 11.6 Å². The highest BCUT2D eigenvalue weighted by molar-refractivity contribution is 7.99. The average molecular weight is 274 g/mol. The molecule has 3 N–H and O–H groups in total. The molecule has 0 unspecified atom stereocenters. The lowest BCUT2D eigenvalue weighted by Gasteiger charge is -2.07. The zero-order chi connectivity index (χ0) is 13.4. The van der Waals surface area contributed by atoms with Gasteiger partial charge < -0.3 is 15.5 Å². The van der Waals surface area contributed by atoms with Crippen LogP contribution in [-0.4, -0.2) is 45.8 Å². The summed E-state index contributed by atoms with van der Waals surface area (Å²) in [6.45, 7) is 0.653. The monoisotopic (exact) mass is 274 g/mol. The van der Waals surface area contributed by atoms with Crippen LogP contribution in [0.3, 0.4) is 0 Å². The third-order valence-corrected chi connectivity index (χ3v) is 3.18. The van der Waals surface area contributed by atoms with Gasteiger partial charge in [-0.2, -0.15) is 11.8 Å². The number of aliphatic hydroxyl groups is 1. The van der Waals surface area contributed by atoms with Crippen molar-refractivity contribution in [1.29, 1.82) is 0 Å². The standard InChI is InChI=1S/C11H15FN2O3S/c12-9-8(11(16)17)2-3-13-10(9)14-4-7-18-6-1-5-15/h2-3,15H,1,4-7H2,(H,13,14)(H,16,17). The van der Waals surface area contributed by atoms with E-state index in [4.69, 9.17) is 10.2 Å². The molecular weight excluding hydrogens is 259 g/mol. The van der Waals surface area contributed by atoms with E-state index in [2.05, 4.69) is 10.3 Å². The number of anilines is 1. The highest BCUT2D eigenvalue weighted by Gasteiger charge is 2.14. The van der Waals surface area contributed by atoms with Gasteiger partial charge >= 0.3 is 5.97 Å². The predicted octanol–water partition coefficient (Wildman–Crippen LogP) is 1.45. The molecule has 1 heterocycles. The number of rotatable bonds is 8. The van der Waals surface area contributed by atoms with E-state index in [1.54, 1.807) is 11.8 Å². The van der Waals surface area contributed by atoms with Crippen molar-refractivity contribution in [3.8, 4) is 0 Å². The van der Waals surface area contributed by atoms with E-state index < -0.39 is 11.8 Å². The van der Waals surface area contributed by atoms with E-state index in [0.717, 1.165) is 24.0 Å².